The SMILES string of the molecule is O=C(CC1NC(=O)c2ccccc2NC1=O)NCCc1ccco1. The van der Waals surface area contributed by atoms with Gasteiger partial charge in [-0.1, -0.05) is 12.1 Å². The van der Waals surface area contributed by atoms with Crippen LogP contribution in [0.15, 0.2) is 47.1 Å². The predicted molar refractivity (Wildman–Crippen MR) is 86.4 cm³/mol. The average molecular weight is 327 g/mol. The standard InChI is InChI=1S/C17H17N3O4/c21-15(18-8-7-11-4-3-9-24-11)10-14-17(23)19-13-6-2-1-5-12(13)16(22)20-14/h1-6,9,14H,7-8,10H2,(H,18,21)(H,19,23)(H,20,22). The third kappa shape index (κ3) is 3.62. The van der Waals surface area contributed by atoms with Gasteiger partial charge < -0.3 is 20.4 Å². The summed E-state index contributed by atoms with van der Waals surface area (Å²) < 4.78 is 5.18. The number of rotatable bonds is 5. The van der Waals surface area contributed by atoms with Gasteiger partial charge in [0, 0.05) is 13.0 Å². The quantitative estimate of drug-likeness (QED) is 0.765. The molecule has 1 aromatic heterocycles. The van der Waals surface area contributed by atoms with Crippen LogP contribution in [-0.2, 0) is 16.0 Å². The summed E-state index contributed by atoms with van der Waals surface area (Å²) in [6, 6.07) is 9.41. The number of carbonyl (C=O) groups is 3. The number of nitrogens with one attached hydrogen (secondary N) is 3. The number of benzene rings is 1. The Morgan fingerprint density at radius 2 is 2.00 bits per heavy atom. The molecule has 0 aliphatic carbocycles. The fourth-order valence-electron chi connectivity index (χ4n) is 2.49. The summed E-state index contributed by atoms with van der Waals surface area (Å²) in [5, 5.41) is 7.97. The highest BCUT2D eigenvalue weighted by molar-refractivity contribution is 6.10. The van der Waals surface area contributed by atoms with Gasteiger partial charge in [0.1, 0.15) is 11.8 Å². The number of fused-ring (bicyclic) bond motifs is 1. The summed E-state index contributed by atoms with van der Waals surface area (Å²) in [5.41, 5.74) is 0.826. The van der Waals surface area contributed by atoms with Crippen LogP contribution in [0.3, 0.4) is 0 Å². The fourth-order valence-corrected chi connectivity index (χ4v) is 2.49. The van der Waals surface area contributed by atoms with E-state index in [1.54, 1.807) is 36.6 Å². The lowest BCUT2D eigenvalue weighted by molar-refractivity contribution is -0.125. The molecule has 7 nitrogen and oxygen atoms in total. The first-order valence-electron chi connectivity index (χ1n) is 7.63. The van der Waals surface area contributed by atoms with Crippen LogP contribution in [0.5, 0.6) is 0 Å². The van der Waals surface area contributed by atoms with Gasteiger partial charge in [-0.3, -0.25) is 14.4 Å². The smallest absolute Gasteiger partial charge is 0.254 e. The largest absolute Gasteiger partial charge is 0.469 e. The minimum absolute atomic E-state index is 0.121. The Morgan fingerprint density at radius 1 is 1.17 bits per heavy atom. The first-order chi connectivity index (χ1) is 11.6. The highest BCUT2D eigenvalue weighted by Crippen LogP contribution is 2.18. The Balaban J connectivity index is 1.56. The van der Waals surface area contributed by atoms with Gasteiger partial charge in [0.2, 0.25) is 11.8 Å². The van der Waals surface area contributed by atoms with Crippen LogP contribution in [-0.4, -0.2) is 30.3 Å². The maximum Gasteiger partial charge on any atom is 0.254 e. The van der Waals surface area contributed by atoms with Crippen molar-refractivity contribution >= 4 is 23.4 Å². The van der Waals surface area contributed by atoms with Crippen LogP contribution in [0.25, 0.3) is 0 Å². The summed E-state index contributed by atoms with van der Waals surface area (Å²) >= 11 is 0. The van der Waals surface area contributed by atoms with Crippen molar-refractivity contribution in [1.82, 2.24) is 10.6 Å². The second-order valence-electron chi connectivity index (χ2n) is 5.44. The van der Waals surface area contributed by atoms with E-state index in [0.717, 1.165) is 5.76 Å². The summed E-state index contributed by atoms with van der Waals surface area (Å²) in [6.07, 6.45) is 2.01. The highest BCUT2D eigenvalue weighted by atomic mass is 16.3. The zero-order valence-corrected chi connectivity index (χ0v) is 12.9. The molecule has 0 saturated carbocycles. The molecule has 1 aromatic carbocycles. The molecule has 1 aliphatic heterocycles. The minimum atomic E-state index is -0.909. The van der Waals surface area contributed by atoms with E-state index in [1.807, 2.05) is 6.07 Å². The Hall–Kier alpha value is -3.09. The van der Waals surface area contributed by atoms with Gasteiger partial charge >= 0.3 is 0 Å². The van der Waals surface area contributed by atoms with E-state index < -0.39 is 11.9 Å². The molecule has 0 saturated heterocycles. The molecular weight excluding hydrogens is 310 g/mol. The summed E-state index contributed by atoms with van der Waals surface area (Å²) in [6.45, 7) is 0.398. The molecule has 0 bridgehead atoms. The van der Waals surface area contributed by atoms with Gasteiger partial charge in [0.15, 0.2) is 0 Å². The Labute approximate surface area is 138 Å². The van der Waals surface area contributed by atoms with Crippen LogP contribution in [0.1, 0.15) is 22.5 Å². The van der Waals surface area contributed by atoms with Gasteiger partial charge in [-0.15, -0.1) is 0 Å². The van der Waals surface area contributed by atoms with Gasteiger partial charge in [-0.25, -0.2) is 0 Å². The lowest BCUT2D eigenvalue weighted by atomic mass is 10.1. The molecule has 2 aromatic rings. The van der Waals surface area contributed by atoms with E-state index in [0.29, 0.717) is 24.2 Å². The molecule has 3 N–H and O–H groups in total. The molecule has 1 aliphatic rings. The van der Waals surface area contributed by atoms with E-state index >= 15 is 0 Å². The first kappa shape index (κ1) is 15.8. The van der Waals surface area contributed by atoms with Crippen molar-refractivity contribution in [2.45, 2.75) is 18.9 Å². The van der Waals surface area contributed by atoms with Crippen LogP contribution in [0, 0.1) is 0 Å². The second kappa shape index (κ2) is 6.99. The van der Waals surface area contributed by atoms with Crippen LogP contribution in [0.2, 0.25) is 0 Å². The third-order valence-electron chi connectivity index (χ3n) is 3.71. The van der Waals surface area contributed by atoms with Gasteiger partial charge in [0.05, 0.1) is 23.9 Å². The van der Waals surface area contributed by atoms with E-state index in [1.165, 1.54) is 0 Å². The number of furan rings is 1. The molecule has 124 valence electrons. The van der Waals surface area contributed by atoms with Gasteiger partial charge in [-0.2, -0.15) is 0 Å². The lowest BCUT2D eigenvalue weighted by Gasteiger charge is -2.14. The van der Waals surface area contributed by atoms with Crippen LogP contribution >= 0.6 is 0 Å². The molecule has 7 heteroatoms. The first-order valence-corrected chi connectivity index (χ1v) is 7.63. The van der Waals surface area contributed by atoms with Gasteiger partial charge in [0.25, 0.3) is 5.91 Å². The number of amides is 3. The average Bonchev–Trinajstić information content (AvgIpc) is 3.04. The van der Waals surface area contributed by atoms with Crippen molar-refractivity contribution in [3.8, 4) is 0 Å². The van der Waals surface area contributed by atoms with Crippen LogP contribution in [0.4, 0.5) is 5.69 Å². The summed E-state index contributed by atoms with van der Waals surface area (Å²) in [5.74, 6) is -0.328. The molecule has 0 radical (unpaired) electrons. The molecule has 0 spiro atoms. The topological polar surface area (TPSA) is 100 Å². The maximum absolute atomic E-state index is 12.2. The van der Waals surface area contributed by atoms with Crippen LogP contribution < -0.4 is 16.0 Å². The van der Waals surface area contributed by atoms with E-state index in [2.05, 4.69) is 16.0 Å². The maximum atomic E-state index is 12.2. The summed E-state index contributed by atoms with van der Waals surface area (Å²) in [7, 11) is 0. The number of carbonyl (C=O) groups excluding carboxylic acids is 3. The van der Waals surface area contributed by atoms with E-state index in [-0.39, 0.29) is 18.2 Å². The Morgan fingerprint density at radius 3 is 2.79 bits per heavy atom. The monoisotopic (exact) mass is 327 g/mol. The lowest BCUT2D eigenvalue weighted by Crippen LogP contribution is -2.44. The van der Waals surface area contributed by atoms with Crippen molar-refractivity contribution in [1.29, 1.82) is 0 Å². The van der Waals surface area contributed by atoms with Gasteiger partial charge in [-0.05, 0) is 24.3 Å². The Kier molecular flexibility index (Phi) is 4.60. The number of hydrogen-bond donors (Lipinski definition) is 3. The number of para-hydroxylation sites is 1. The third-order valence-corrected chi connectivity index (χ3v) is 3.71. The molecule has 0 fully saturated rings. The molecule has 24 heavy (non-hydrogen) atoms. The highest BCUT2D eigenvalue weighted by Gasteiger charge is 2.29. The number of anilines is 1. The predicted octanol–water partition coefficient (Wildman–Crippen LogP) is 1.08. The van der Waals surface area contributed by atoms with E-state index in [9.17, 15) is 14.4 Å². The zero-order valence-electron chi connectivity index (χ0n) is 12.9. The zero-order chi connectivity index (χ0) is 16.9. The van der Waals surface area contributed by atoms with Crippen molar-refractivity contribution in [3.63, 3.8) is 0 Å². The van der Waals surface area contributed by atoms with Crippen molar-refractivity contribution < 1.29 is 18.8 Å². The van der Waals surface area contributed by atoms with Crippen molar-refractivity contribution in [3.05, 3.63) is 54.0 Å². The molecule has 1 atom stereocenters. The second-order valence-corrected chi connectivity index (χ2v) is 5.44. The molecule has 2 heterocycles. The number of hydrogen-bond acceptors (Lipinski definition) is 4. The molecule has 3 amide bonds. The van der Waals surface area contributed by atoms with Crippen molar-refractivity contribution in [2.75, 3.05) is 11.9 Å². The molecule has 3 rings (SSSR count). The van der Waals surface area contributed by atoms with E-state index in [4.69, 9.17) is 4.42 Å². The fraction of sp³-hybridized carbons (Fsp3) is 0.235. The summed E-state index contributed by atoms with van der Waals surface area (Å²) in [4.78, 5) is 36.4. The van der Waals surface area contributed by atoms with Crippen molar-refractivity contribution in [2.24, 2.45) is 0 Å². The normalized spacial score (nSPS) is 16.6. The minimum Gasteiger partial charge on any atom is -0.469 e. The molecular formula is C17H17N3O4. The molecule has 1 unspecified atom stereocenters. The Bertz CT molecular complexity index is 755.